The highest BCUT2D eigenvalue weighted by Crippen LogP contribution is 2.36. The van der Waals surface area contributed by atoms with Gasteiger partial charge < -0.3 is 14.9 Å². The zero-order valence-electron chi connectivity index (χ0n) is 27.3. The summed E-state index contributed by atoms with van der Waals surface area (Å²) in [5.41, 5.74) is 1.47. The molecule has 1 N–H and O–H groups in total. The molecule has 0 radical (unpaired) electrons. The van der Waals surface area contributed by atoms with Crippen molar-refractivity contribution in [1.29, 1.82) is 5.26 Å². The fourth-order valence-electron chi connectivity index (χ4n) is 6.21. The van der Waals surface area contributed by atoms with Crippen molar-refractivity contribution in [3.8, 4) is 6.07 Å². The molecule has 1 amide bonds. The third-order valence-electron chi connectivity index (χ3n) is 8.74. The smallest absolute Gasteiger partial charge is 0.303 e. The molecule has 3 heterocycles. The third kappa shape index (κ3) is 9.02. The number of carbonyl (C=O) groups excluding carboxylic acids is 1. The lowest BCUT2D eigenvalue weighted by atomic mass is 10.0. The predicted octanol–water partition coefficient (Wildman–Crippen LogP) is 6.70. The van der Waals surface area contributed by atoms with Crippen molar-refractivity contribution in [1.82, 2.24) is 9.47 Å². The Balaban J connectivity index is 1.49. The largest absolute Gasteiger partial charge is 0.481 e. The lowest BCUT2D eigenvalue weighted by molar-refractivity contribution is -0.137. The van der Waals surface area contributed by atoms with E-state index in [4.69, 9.17) is 17.3 Å². The van der Waals surface area contributed by atoms with Crippen molar-refractivity contribution in [2.75, 3.05) is 42.5 Å². The Hall–Kier alpha value is -3.69. The summed E-state index contributed by atoms with van der Waals surface area (Å²) in [5, 5.41) is 18.7. The van der Waals surface area contributed by atoms with E-state index in [0.29, 0.717) is 77.5 Å². The monoisotopic (exact) mass is 681 g/mol. The summed E-state index contributed by atoms with van der Waals surface area (Å²) < 4.78 is 16.7. The van der Waals surface area contributed by atoms with Crippen LogP contribution in [0.3, 0.4) is 0 Å². The number of anilines is 2. The number of aromatic nitrogens is 1. The Bertz CT molecular complexity index is 1590. The summed E-state index contributed by atoms with van der Waals surface area (Å²) in [4.78, 5) is 44.0. The second kappa shape index (κ2) is 17.5. The van der Waals surface area contributed by atoms with Gasteiger partial charge in [0.1, 0.15) is 27.6 Å². The van der Waals surface area contributed by atoms with Gasteiger partial charge in [-0.2, -0.15) is 5.26 Å². The summed E-state index contributed by atoms with van der Waals surface area (Å²) >= 11 is 6.86. The van der Waals surface area contributed by atoms with Crippen LogP contribution in [-0.4, -0.2) is 63.5 Å². The van der Waals surface area contributed by atoms with Gasteiger partial charge in [0.2, 0.25) is 0 Å². The number of carboxylic acids is 1. The lowest BCUT2D eigenvalue weighted by Gasteiger charge is -2.39. The van der Waals surface area contributed by atoms with Gasteiger partial charge in [0.05, 0.1) is 10.6 Å². The molecule has 9 nitrogen and oxygen atoms in total. The van der Waals surface area contributed by atoms with Crippen molar-refractivity contribution in [3.63, 3.8) is 0 Å². The first-order chi connectivity index (χ1) is 22.7. The highest BCUT2D eigenvalue weighted by molar-refractivity contribution is 8.26. The molecule has 0 bridgehead atoms. The molecule has 0 atom stereocenters. The number of thiocarbonyl (C=S) groups is 1. The molecule has 0 saturated carbocycles. The molecule has 2 saturated heterocycles. The number of rotatable bonds is 16. The number of hydrogen-bond acceptors (Lipinski definition) is 8. The normalized spacial score (nSPS) is 16.0. The number of carboxylic acid groups (broad SMARTS) is 1. The van der Waals surface area contributed by atoms with Crippen molar-refractivity contribution < 1.29 is 19.1 Å². The summed E-state index contributed by atoms with van der Waals surface area (Å²) in [5.74, 6) is -0.504. The van der Waals surface area contributed by atoms with Gasteiger partial charge in [0.15, 0.2) is 0 Å². The number of carbonyl (C=O) groups is 2. The first-order valence-electron chi connectivity index (χ1n) is 16.6. The van der Waals surface area contributed by atoms with Gasteiger partial charge >= 0.3 is 5.97 Å². The second-order valence-corrected chi connectivity index (χ2v) is 13.7. The number of thioether (sulfide) groups is 1. The van der Waals surface area contributed by atoms with Gasteiger partial charge in [-0.3, -0.25) is 23.9 Å². The average Bonchev–Trinajstić information content (AvgIpc) is 3.32. The van der Waals surface area contributed by atoms with Crippen molar-refractivity contribution in [2.24, 2.45) is 0 Å². The fraction of sp³-hybridized carbons (Fsp3) is 0.514. The molecule has 2 aliphatic heterocycles. The highest BCUT2D eigenvalue weighted by Gasteiger charge is 2.33. The number of pyridine rings is 1. The van der Waals surface area contributed by atoms with Crippen LogP contribution >= 0.6 is 24.0 Å². The number of para-hydroxylation sites is 1. The molecule has 2 fully saturated rings. The van der Waals surface area contributed by atoms with E-state index in [1.807, 2.05) is 17.9 Å². The standard InChI is InChI=1S/C35H44FN5O4S2/c1-3-17-40-32(39-21-19-38(20-22-39)29-15-12-11-14-28(29)36)26(25(2)27(24-37)33(40)44)23-30-34(45)41(35(46)47-30)18-13-9-7-5-4-6-8-10-16-31(42)43/h11-12,14-15,23H,3-10,13,16-22H2,1-2H3,(H,42,43). The van der Waals surface area contributed by atoms with Crippen LogP contribution in [0.1, 0.15) is 87.8 Å². The Kier molecular flexibility index (Phi) is 13.4. The van der Waals surface area contributed by atoms with E-state index < -0.39 is 5.97 Å². The van der Waals surface area contributed by atoms with Crippen molar-refractivity contribution in [3.05, 3.63) is 62.0 Å². The molecule has 12 heteroatoms. The Labute approximate surface area is 286 Å². The van der Waals surface area contributed by atoms with Gasteiger partial charge in [0, 0.05) is 51.3 Å². The molecule has 252 valence electrons. The number of nitrogens with zero attached hydrogens (tertiary/aromatic N) is 5. The maximum atomic E-state index is 14.5. The molecule has 47 heavy (non-hydrogen) atoms. The van der Waals surface area contributed by atoms with Gasteiger partial charge in [0.25, 0.3) is 11.5 Å². The van der Waals surface area contributed by atoms with Crippen LogP contribution in [0, 0.1) is 24.1 Å². The maximum absolute atomic E-state index is 14.5. The molecule has 0 spiro atoms. The average molecular weight is 682 g/mol. The first-order valence-corrected chi connectivity index (χ1v) is 17.8. The number of halogens is 1. The van der Waals surface area contributed by atoms with Crippen molar-refractivity contribution >= 4 is 57.8 Å². The topological polar surface area (TPSA) is 110 Å². The molecular formula is C35H44FN5O4S2. The zero-order chi connectivity index (χ0) is 33.9. The summed E-state index contributed by atoms with van der Waals surface area (Å²) in [6.45, 7) is 6.85. The third-order valence-corrected chi connectivity index (χ3v) is 10.1. The molecule has 2 aromatic rings. The van der Waals surface area contributed by atoms with E-state index in [2.05, 4.69) is 11.0 Å². The Morgan fingerprint density at radius 3 is 2.23 bits per heavy atom. The molecular weight excluding hydrogens is 638 g/mol. The molecule has 1 aromatic carbocycles. The quantitative estimate of drug-likeness (QED) is 0.118. The van der Waals surface area contributed by atoms with Crippen molar-refractivity contribution in [2.45, 2.75) is 84.6 Å². The van der Waals surface area contributed by atoms with Gasteiger partial charge in [-0.15, -0.1) is 0 Å². The molecule has 0 aliphatic carbocycles. The first kappa shape index (κ1) is 36.2. The minimum Gasteiger partial charge on any atom is -0.481 e. The molecule has 0 unspecified atom stereocenters. The number of amides is 1. The second-order valence-electron chi connectivity index (χ2n) is 12.0. The number of hydrogen-bond donors (Lipinski definition) is 1. The van der Waals surface area contributed by atoms with Crippen LogP contribution in [0.4, 0.5) is 15.9 Å². The van der Waals surface area contributed by atoms with E-state index >= 15 is 0 Å². The molecule has 1 aromatic heterocycles. The SMILES string of the molecule is CCCn1c(N2CCN(c3ccccc3F)CC2)c(C=C2SC(=S)N(CCCCCCCCCCC(=O)O)C2=O)c(C)c(C#N)c1=O. The molecule has 2 aliphatic rings. The van der Waals surface area contributed by atoms with Gasteiger partial charge in [-0.05, 0) is 50.0 Å². The minimum atomic E-state index is -0.741. The Morgan fingerprint density at radius 2 is 1.62 bits per heavy atom. The molecule has 4 rings (SSSR count). The predicted molar refractivity (Wildman–Crippen MR) is 190 cm³/mol. The van der Waals surface area contributed by atoms with E-state index in [1.54, 1.807) is 34.6 Å². The van der Waals surface area contributed by atoms with Crippen LogP contribution in [0.25, 0.3) is 6.08 Å². The number of benzene rings is 1. The number of unbranched alkanes of at least 4 members (excludes halogenated alkanes) is 7. The van der Waals surface area contributed by atoms with E-state index in [1.165, 1.54) is 17.8 Å². The van der Waals surface area contributed by atoms with Gasteiger partial charge in [-0.25, -0.2) is 4.39 Å². The van der Waals surface area contributed by atoms with Crippen LogP contribution < -0.4 is 15.4 Å². The lowest BCUT2D eigenvalue weighted by Crippen LogP contribution is -2.49. The van der Waals surface area contributed by atoms with Crippen LogP contribution in [-0.2, 0) is 16.1 Å². The minimum absolute atomic E-state index is 0.0656. The van der Waals surface area contributed by atoms with Crippen LogP contribution in [0.15, 0.2) is 34.0 Å². The van der Waals surface area contributed by atoms with Crippen LogP contribution in [0.5, 0.6) is 0 Å². The maximum Gasteiger partial charge on any atom is 0.303 e. The van der Waals surface area contributed by atoms with E-state index in [0.717, 1.165) is 51.4 Å². The highest BCUT2D eigenvalue weighted by atomic mass is 32.2. The fourth-order valence-corrected chi connectivity index (χ4v) is 7.50. The zero-order valence-corrected chi connectivity index (χ0v) is 28.9. The number of aliphatic carboxylic acids is 1. The van der Waals surface area contributed by atoms with E-state index in [-0.39, 0.29) is 29.3 Å². The summed E-state index contributed by atoms with van der Waals surface area (Å²) in [6, 6.07) is 8.81. The summed E-state index contributed by atoms with van der Waals surface area (Å²) in [6.07, 6.45) is 10.4. The van der Waals surface area contributed by atoms with Crippen LogP contribution in [0.2, 0.25) is 0 Å². The summed E-state index contributed by atoms with van der Waals surface area (Å²) in [7, 11) is 0. The number of piperazine rings is 1. The van der Waals surface area contributed by atoms with Gasteiger partial charge in [-0.1, -0.05) is 81.6 Å². The Morgan fingerprint density at radius 1 is 1.00 bits per heavy atom. The van der Waals surface area contributed by atoms with E-state index in [9.17, 15) is 24.0 Å². The number of nitriles is 1.